The Balaban J connectivity index is 2.35. The van der Waals surface area contributed by atoms with Crippen LogP contribution in [0.4, 0.5) is 5.69 Å². The van der Waals surface area contributed by atoms with Gasteiger partial charge in [-0.2, -0.15) is 5.10 Å². The van der Waals surface area contributed by atoms with Crippen LogP contribution in [0.5, 0.6) is 0 Å². The molecule has 0 aliphatic heterocycles. The summed E-state index contributed by atoms with van der Waals surface area (Å²) < 4.78 is 1.93. The molecule has 0 radical (unpaired) electrons. The third kappa shape index (κ3) is 2.18. The van der Waals surface area contributed by atoms with Crippen molar-refractivity contribution in [3.05, 3.63) is 36.0 Å². The van der Waals surface area contributed by atoms with Crippen LogP contribution >= 0.6 is 0 Å². The van der Waals surface area contributed by atoms with Crippen LogP contribution in [0, 0.1) is 0 Å². The van der Waals surface area contributed by atoms with Crippen LogP contribution in [0.3, 0.4) is 0 Å². The SMILES string of the molecule is CC(C)=CCn1cc2ccc(N)cc2n1. The first-order chi connectivity index (χ1) is 7.15. The van der Waals surface area contributed by atoms with Gasteiger partial charge in [-0.25, -0.2) is 0 Å². The van der Waals surface area contributed by atoms with Crippen molar-refractivity contribution in [3.8, 4) is 0 Å². The monoisotopic (exact) mass is 201 g/mol. The Labute approximate surface area is 89.2 Å². The summed E-state index contributed by atoms with van der Waals surface area (Å²) in [5, 5.41) is 5.57. The van der Waals surface area contributed by atoms with Crippen LogP contribution in [-0.2, 0) is 6.54 Å². The molecule has 2 aromatic rings. The number of nitrogens with zero attached hydrogens (tertiary/aromatic N) is 2. The molecule has 0 fully saturated rings. The standard InChI is InChI=1S/C12H15N3/c1-9(2)5-6-15-8-10-3-4-11(13)7-12(10)14-15/h3-5,7-8H,6,13H2,1-2H3. The Morgan fingerprint density at radius 3 is 3.00 bits per heavy atom. The molecule has 0 saturated heterocycles. The molecule has 0 saturated carbocycles. The number of hydrogen-bond acceptors (Lipinski definition) is 2. The molecule has 0 atom stereocenters. The Morgan fingerprint density at radius 2 is 2.27 bits per heavy atom. The topological polar surface area (TPSA) is 43.8 Å². The lowest BCUT2D eigenvalue weighted by Gasteiger charge is -1.94. The lowest BCUT2D eigenvalue weighted by molar-refractivity contribution is 0.708. The number of rotatable bonds is 2. The molecule has 1 aromatic heterocycles. The number of fused-ring (bicyclic) bond motifs is 1. The Bertz CT molecular complexity index is 505. The van der Waals surface area contributed by atoms with Crippen molar-refractivity contribution in [2.75, 3.05) is 5.73 Å². The van der Waals surface area contributed by atoms with E-state index in [1.165, 1.54) is 5.57 Å². The van der Waals surface area contributed by atoms with Gasteiger partial charge in [-0.15, -0.1) is 0 Å². The van der Waals surface area contributed by atoms with Gasteiger partial charge in [0.05, 0.1) is 12.1 Å². The summed E-state index contributed by atoms with van der Waals surface area (Å²) in [6.45, 7) is 4.99. The van der Waals surface area contributed by atoms with Crippen molar-refractivity contribution >= 4 is 16.6 Å². The van der Waals surface area contributed by atoms with E-state index in [-0.39, 0.29) is 0 Å². The predicted molar refractivity (Wildman–Crippen MR) is 63.6 cm³/mol. The fraction of sp³-hybridized carbons (Fsp3) is 0.250. The normalized spacial score (nSPS) is 10.5. The second kappa shape index (κ2) is 3.77. The molecule has 1 aromatic carbocycles. The zero-order chi connectivity index (χ0) is 10.8. The minimum Gasteiger partial charge on any atom is -0.399 e. The molecule has 2 N–H and O–H groups in total. The summed E-state index contributed by atoms with van der Waals surface area (Å²) in [7, 11) is 0. The minimum absolute atomic E-state index is 0.759. The van der Waals surface area contributed by atoms with Gasteiger partial charge in [0.15, 0.2) is 0 Å². The zero-order valence-electron chi connectivity index (χ0n) is 9.07. The van der Waals surface area contributed by atoms with Crippen LogP contribution in [-0.4, -0.2) is 9.78 Å². The van der Waals surface area contributed by atoms with Crippen LogP contribution in [0.1, 0.15) is 13.8 Å². The van der Waals surface area contributed by atoms with Gasteiger partial charge in [-0.05, 0) is 32.0 Å². The minimum atomic E-state index is 0.759. The van der Waals surface area contributed by atoms with Gasteiger partial charge in [0.2, 0.25) is 0 Å². The first kappa shape index (κ1) is 9.77. The highest BCUT2D eigenvalue weighted by Gasteiger charge is 1.99. The Kier molecular flexibility index (Phi) is 2.46. The molecule has 0 bridgehead atoms. The molecule has 78 valence electrons. The molecule has 0 aliphatic carbocycles. The molecule has 0 spiro atoms. The first-order valence-electron chi connectivity index (χ1n) is 5.01. The van der Waals surface area contributed by atoms with Crippen LogP contribution in [0.15, 0.2) is 36.0 Å². The molecule has 0 unspecified atom stereocenters. The van der Waals surface area contributed by atoms with Crippen molar-refractivity contribution in [2.24, 2.45) is 0 Å². The number of nitrogens with two attached hydrogens (primary N) is 1. The molecule has 3 nitrogen and oxygen atoms in total. The van der Waals surface area contributed by atoms with Gasteiger partial charge >= 0.3 is 0 Å². The van der Waals surface area contributed by atoms with E-state index < -0.39 is 0 Å². The lowest BCUT2D eigenvalue weighted by Crippen LogP contribution is -1.95. The van der Waals surface area contributed by atoms with Gasteiger partial charge in [0.1, 0.15) is 0 Å². The number of nitrogen functional groups attached to an aromatic ring is 1. The largest absolute Gasteiger partial charge is 0.399 e. The summed E-state index contributed by atoms with van der Waals surface area (Å²) >= 11 is 0. The molecule has 0 amide bonds. The highest BCUT2D eigenvalue weighted by atomic mass is 15.3. The van der Waals surface area contributed by atoms with Gasteiger partial charge in [0, 0.05) is 17.3 Å². The number of aromatic nitrogens is 2. The predicted octanol–water partition coefficient (Wildman–Crippen LogP) is 2.58. The average molecular weight is 201 g/mol. The zero-order valence-corrected chi connectivity index (χ0v) is 9.07. The quantitative estimate of drug-likeness (QED) is 0.599. The first-order valence-corrected chi connectivity index (χ1v) is 5.01. The summed E-state index contributed by atoms with van der Waals surface area (Å²) in [6, 6.07) is 5.79. The fourth-order valence-electron chi connectivity index (χ4n) is 1.45. The van der Waals surface area contributed by atoms with E-state index in [1.807, 2.05) is 29.1 Å². The summed E-state index contributed by atoms with van der Waals surface area (Å²) in [5.74, 6) is 0. The summed E-state index contributed by atoms with van der Waals surface area (Å²) in [5.41, 5.74) is 8.71. The summed E-state index contributed by atoms with van der Waals surface area (Å²) in [4.78, 5) is 0. The number of allylic oxidation sites excluding steroid dienone is 2. The van der Waals surface area contributed by atoms with Crippen LogP contribution < -0.4 is 5.73 Å². The molecule has 2 rings (SSSR count). The summed E-state index contributed by atoms with van der Waals surface area (Å²) in [6.07, 6.45) is 4.18. The third-order valence-corrected chi connectivity index (χ3v) is 2.27. The molecule has 0 aliphatic rings. The van der Waals surface area contributed by atoms with E-state index in [9.17, 15) is 0 Å². The van der Waals surface area contributed by atoms with Crippen molar-refractivity contribution in [2.45, 2.75) is 20.4 Å². The molecular weight excluding hydrogens is 186 g/mol. The van der Waals surface area contributed by atoms with E-state index in [2.05, 4.69) is 25.0 Å². The van der Waals surface area contributed by atoms with Gasteiger partial charge in [-0.1, -0.05) is 11.6 Å². The van der Waals surface area contributed by atoms with E-state index >= 15 is 0 Å². The van der Waals surface area contributed by atoms with E-state index in [1.54, 1.807) is 0 Å². The molecule has 3 heteroatoms. The second-order valence-electron chi connectivity index (χ2n) is 3.95. The maximum Gasteiger partial charge on any atom is 0.0943 e. The van der Waals surface area contributed by atoms with Crippen LogP contribution in [0.2, 0.25) is 0 Å². The lowest BCUT2D eigenvalue weighted by atomic mass is 10.2. The van der Waals surface area contributed by atoms with Crippen molar-refractivity contribution in [1.82, 2.24) is 9.78 Å². The average Bonchev–Trinajstić information content (AvgIpc) is 2.56. The van der Waals surface area contributed by atoms with E-state index in [4.69, 9.17) is 5.73 Å². The van der Waals surface area contributed by atoms with Gasteiger partial charge in [-0.3, -0.25) is 4.68 Å². The number of anilines is 1. The molecule has 15 heavy (non-hydrogen) atoms. The number of hydrogen-bond donors (Lipinski definition) is 1. The van der Waals surface area contributed by atoms with E-state index in [0.29, 0.717) is 0 Å². The second-order valence-corrected chi connectivity index (χ2v) is 3.95. The van der Waals surface area contributed by atoms with E-state index in [0.717, 1.165) is 23.1 Å². The molecular formula is C12H15N3. The Morgan fingerprint density at radius 1 is 1.47 bits per heavy atom. The fourth-order valence-corrected chi connectivity index (χ4v) is 1.45. The van der Waals surface area contributed by atoms with Crippen molar-refractivity contribution in [1.29, 1.82) is 0 Å². The molecule has 1 heterocycles. The smallest absolute Gasteiger partial charge is 0.0943 e. The van der Waals surface area contributed by atoms with Gasteiger partial charge in [0.25, 0.3) is 0 Å². The third-order valence-electron chi connectivity index (χ3n) is 2.27. The maximum atomic E-state index is 5.69. The number of benzene rings is 1. The highest BCUT2D eigenvalue weighted by molar-refractivity contribution is 5.81. The van der Waals surface area contributed by atoms with Crippen molar-refractivity contribution in [3.63, 3.8) is 0 Å². The Hall–Kier alpha value is -1.77. The highest BCUT2D eigenvalue weighted by Crippen LogP contribution is 2.15. The van der Waals surface area contributed by atoms with Crippen LogP contribution in [0.25, 0.3) is 10.9 Å². The maximum absolute atomic E-state index is 5.69. The van der Waals surface area contributed by atoms with Gasteiger partial charge < -0.3 is 5.73 Å². The van der Waals surface area contributed by atoms with Crippen molar-refractivity contribution < 1.29 is 0 Å².